The van der Waals surface area contributed by atoms with E-state index in [1.807, 2.05) is 0 Å². The molecule has 0 fully saturated rings. The van der Waals surface area contributed by atoms with Crippen LogP contribution < -0.4 is 0 Å². The van der Waals surface area contributed by atoms with Gasteiger partial charge in [0, 0.05) is 0 Å². The molecule has 0 atom stereocenters. The molecule has 0 aliphatic carbocycles. The van der Waals surface area contributed by atoms with Gasteiger partial charge in [0.25, 0.3) is 0 Å². The van der Waals surface area contributed by atoms with E-state index in [1.165, 1.54) is 0 Å². The third kappa shape index (κ3) is 10.6. The Morgan fingerprint density at radius 1 is 1.25 bits per heavy atom. The molecule has 0 aromatic rings. The summed E-state index contributed by atoms with van der Waals surface area (Å²) in [6.45, 7) is 0. The van der Waals surface area contributed by atoms with E-state index in [0.29, 0.717) is 0 Å². The fourth-order valence-electron chi connectivity index (χ4n) is 0. The average Bonchev–Trinajstić information content (AvgIpc) is 1.00. The van der Waals surface area contributed by atoms with Gasteiger partial charge >= 0.3 is 46.8 Å². The maximum atomic E-state index is 8.25. The van der Waals surface area contributed by atoms with Gasteiger partial charge in [-0.1, -0.05) is 0 Å². The normalized spacial score (nSPS) is 0.750. The maximum absolute atomic E-state index is 8.25. The van der Waals surface area contributed by atoms with Crippen LogP contribution in [0, 0.1) is 0 Å². The van der Waals surface area contributed by atoms with Crippen molar-refractivity contribution in [3.8, 4) is 0 Å². The molecule has 0 aliphatic heterocycles. The van der Waals surface area contributed by atoms with Crippen LogP contribution in [0.5, 0.6) is 0 Å². The Balaban J connectivity index is -0.00000000500. The van der Waals surface area contributed by atoms with Crippen LogP contribution in [0.1, 0.15) is 0 Å². The van der Waals surface area contributed by atoms with E-state index >= 15 is 0 Å². The molecule has 0 saturated heterocycles. The third-order valence-corrected chi connectivity index (χ3v) is 0. The topological polar surface area (TPSA) is 48.6 Å². The molecule has 0 bridgehead atoms. The predicted octanol–water partition coefficient (Wildman–Crippen LogP) is -1.86. The van der Waals surface area contributed by atoms with E-state index in [-0.39, 0.29) is 28.5 Å². The average molecular weight is 108 g/mol. The van der Waals surface area contributed by atoms with Crippen molar-refractivity contribution in [1.82, 2.24) is 0 Å². The SMILES string of the molecule is O.[MgH2].[O]=[Ti]. The van der Waals surface area contributed by atoms with Crippen molar-refractivity contribution in [2.75, 3.05) is 0 Å². The molecule has 0 aromatic carbocycles. The second-order valence-corrected chi connectivity index (χ2v) is 0. The van der Waals surface area contributed by atoms with Crippen LogP contribution >= 0.6 is 0 Å². The van der Waals surface area contributed by atoms with Crippen molar-refractivity contribution in [3.63, 3.8) is 0 Å². The first-order chi connectivity index (χ1) is 1.00. The van der Waals surface area contributed by atoms with Gasteiger partial charge < -0.3 is 5.48 Å². The van der Waals surface area contributed by atoms with E-state index in [1.54, 1.807) is 0 Å². The standard InChI is InChI=1S/Mg.H2O.O.Ti.2H/h;1H2;;;;. The molecule has 0 heterocycles. The van der Waals surface area contributed by atoms with E-state index in [4.69, 9.17) is 3.32 Å². The monoisotopic (exact) mass is 108 g/mol. The molecule has 0 saturated carbocycles. The van der Waals surface area contributed by atoms with Crippen molar-refractivity contribution in [2.24, 2.45) is 0 Å². The van der Waals surface area contributed by atoms with Crippen molar-refractivity contribution >= 4 is 23.1 Å². The van der Waals surface area contributed by atoms with E-state index in [9.17, 15) is 0 Å². The molecular weight excluding hydrogens is 104 g/mol. The Morgan fingerprint density at radius 2 is 1.25 bits per heavy atom. The van der Waals surface area contributed by atoms with Crippen LogP contribution in [-0.2, 0) is 23.7 Å². The second kappa shape index (κ2) is 28.9. The summed E-state index contributed by atoms with van der Waals surface area (Å²) in [6.07, 6.45) is 0. The first-order valence-corrected chi connectivity index (χ1v) is 0.842. The quantitative estimate of drug-likeness (QED) is 0.336. The number of hydrogen-bond acceptors (Lipinski definition) is 1. The van der Waals surface area contributed by atoms with Gasteiger partial charge in [0.05, 0.1) is 0 Å². The number of hydrogen-bond donors (Lipinski definition) is 0. The van der Waals surface area contributed by atoms with Gasteiger partial charge in [-0.3, -0.25) is 0 Å². The Bertz CT molecular complexity index is 6.00. The minimum atomic E-state index is 0. The molecule has 0 unspecified atom stereocenters. The fourth-order valence-corrected chi connectivity index (χ4v) is 0. The van der Waals surface area contributed by atoms with Crippen LogP contribution in [0.25, 0.3) is 0 Å². The van der Waals surface area contributed by atoms with Gasteiger partial charge in [-0.05, 0) is 0 Å². The van der Waals surface area contributed by atoms with Gasteiger partial charge in [-0.2, -0.15) is 0 Å². The third-order valence-electron chi connectivity index (χ3n) is 0. The summed E-state index contributed by atoms with van der Waals surface area (Å²) in [5.41, 5.74) is 0. The van der Waals surface area contributed by atoms with Crippen LogP contribution in [0.4, 0.5) is 0 Å². The van der Waals surface area contributed by atoms with Gasteiger partial charge in [0.2, 0.25) is 0 Å². The Hall–Kier alpha value is 1.24. The molecule has 0 radical (unpaired) electrons. The van der Waals surface area contributed by atoms with Crippen molar-refractivity contribution < 1.29 is 29.2 Å². The van der Waals surface area contributed by atoms with Crippen LogP contribution in [0.2, 0.25) is 0 Å². The first-order valence-electron chi connectivity index (χ1n) is 0.204. The van der Waals surface area contributed by atoms with Crippen molar-refractivity contribution in [3.05, 3.63) is 0 Å². The Morgan fingerprint density at radius 3 is 1.25 bits per heavy atom. The molecule has 22 valence electrons. The van der Waals surface area contributed by atoms with Gasteiger partial charge in [-0.15, -0.1) is 0 Å². The Labute approximate surface area is 52.1 Å². The second-order valence-electron chi connectivity index (χ2n) is 0. The summed E-state index contributed by atoms with van der Waals surface area (Å²) >= 11 is 0.750. The van der Waals surface area contributed by atoms with Gasteiger partial charge in [0.1, 0.15) is 0 Å². The Kier molecular flexibility index (Phi) is 136. The molecule has 0 aromatic heterocycles. The molecule has 2 N–H and O–H groups in total. The molecule has 2 nitrogen and oxygen atoms in total. The summed E-state index contributed by atoms with van der Waals surface area (Å²) in [6, 6.07) is 0. The number of rotatable bonds is 0. The summed E-state index contributed by atoms with van der Waals surface area (Å²) in [4.78, 5) is 0. The molecule has 0 rings (SSSR count). The predicted molar refractivity (Wildman–Crippen MR) is 12.8 cm³/mol. The van der Waals surface area contributed by atoms with Gasteiger partial charge in [-0.25, -0.2) is 0 Å². The molecular formula is H4MgO2Ti. The van der Waals surface area contributed by atoms with Crippen molar-refractivity contribution in [2.45, 2.75) is 0 Å². The summed E-state index contributed by atoms with van der Waals surface area (Å²) in [7, 11) is 0. The summed E-state index contributed by atoms with van der Waals surface area (Å²) in [5, 5.41) is 0. The fraction of sp³-hybridized carbons (Fsp3) is 0. The van der Waals surface area contributed by atoms with Crippen LogP contribution in [0.3, 0.4) is 0 Å². The molecule has 0 spiro atoms. The van der Waals surface area contributed by atoms with Gasteiger partial charge in [0.15, 0.2) is 0 Å². The van der Waals surface area contributed by atoms with E-state index in [0.717, 1.165) is 20.4 Å². The molecule has 4 heteroatoms. The summed E-state index contributed by atoms with van der Waals surface area (Å²) in [5.74, 6) is 0. The first kappa shape index (κ1) is 18.8. The molecule has 0 amide bonds. The van der Waals surface area contributed by atoms with E-state index in [2.05, 4.69) is 0 Å². The zero-order chi connectivity index (χ0) is 2.00. The molecule has 0 aliphatic rings. The summed E-state index contributed by atoms with van der Waals surface area (Å²) < 4.78 is 8.25. The van der Waals surface area contributed by atoms with Crippen LogP contribution in [0.15, 0.2) is 0 Å². The van der Waals surface area contributed by atoms with Crippen molar-refractivity contribution in [1.29, 1.82) is 0 Å². The zero-order valence-electron chi connectivity index (χ0n) is 1.41. The minimum absolute atomic E-state index is 0. The van der Waals surface area contributed by atoms with Crippen LogP contribution in [-0.4, -0.2) is 28.5 Å². The molecule has 4 heavy (non-hydrogen) atoms. The van der Waals surface area contributed by atoms with E-state index < -0.39 is 0 Å². The zero-order valence-corrected chi connectivity index (χ0v) is 2.97.